The lowest BCUT2D eigenvalue weighted by Crippen LogP contribution is -2.52. The quantitative estimate of drug-likeness (QED) is 0.457. The minimum atomic E-state index is -1.38. The highest BCUT2D eigenvalue weighted by molar-refractivity contribution is 5.84. The summed E-state index contributed by atoms with van der Waals surface area (Å²) in [6.07, 6.45) is 7.83. The van der Waals surface area contributed by atoms with E-state index in [0.717, 1.165) is 35.1 Å². The number of hydrogen-bond donors (Lipinski definition) is 2. The molecule has 1 aliphatic carbocycles. The van der Waals surface area contributed by atoms with Crippen molar-refractivity contribution in [1.29, 1.82) is 0 Å². The van der Waals surface area contributed by atoms with E-state index in [2.05, 4.69) is 23.4 Å². The molecule has 0 radical (unpaired) electrons. The molecule has 2 aromatic rings. The van der Waals surface area contributed by atoms with Crippen molar-refractivity contribution in [2.75, 3.05) is 6.61 Å². The van der Waals surface area contributed by atoms with Gasteiger partial charge in [-0.05, 0) is 42.0 Å². The highest BCUT2D eigenvalue weighted by atomic mass is 16.5. The average molecular weight is 405 g/mol. The Morgan fingerprint density at radius 3 is 2.23 bits per heavy atom. The molecule has 2 aromatic carbocycles. The lowest BCUT2D eigenvalue weighted by Gasteiger charge is -2.26. The van der Waals surface area contributed by atoms with Crippen LogP contribution in [0, 0.1) is 12.3 Å². The zero-order valence-electron chi connectivity index (χ0n) is 17.2. The van der Waals surface area contributed by atoms with Crippen LogP contribution in [0.3, 0.4) is 0 Å². The number of nitrogens with one attached hydrogen (secondary N) is 1. The van der Waals surface area contributed by atoms with E-state index in [4.69, 9.17) is 11.2 Å². The van der Waals surface area contributed by atoms with Crippen molar-refractivity contribution in [3.8, 4) is 23.5 Å². The van der Waals surface area contributed by atoms with Crippen LogP contribution < -0.4 is 5.32 Å². The molecular weight excluding hydrogens is 378 g/mol. The Morgan fingerprint density at radius 2 is 1.67 bits per heavy atom. The maximum Gasteiger partial charge on any atom is 0.408 e. The predicted octanol–water partition coefficient (Wildman–Crippen LogP) is 4.95. The largest absolute Gasteiger partial charge is 0.480 e. The van der Waals surface area contributed by atoms with Crippen LogP contribution in [0.25, 0.3) is 11.1 Å². The van der Waals surface area contributed by atoms with Gasteiger partial charge in [0.1, 0.15) is 12.1 Å². The SMILES string of the molecule is C#CCCCCC[C@](C)(NC(=O)OCC1c2ccccc2-c2ccccc21)C(=O)O. The van der Waals surface area contributed by atoms with Crippen LogP contribution in [-0.4, -0.2) is 29.3 Å². The van der Waals surface area contributed by atoms with Gasteiger partial charge in [-0.15, -0.1) is 12.3 Å². The third-order valence-corrected chi connectivity index (χ3v) is 5.69. The third kappa shape index (κ3) is 4.65. The molecule has 1 atom stereocenters. The number of carboxylic acids is 1. The first-order chi connectivity index (χ1) is 14.5. The van der Waals surface area contributed by atoms with Crippen molar-refractivity contribution in [3.63, 3.8) is 0 Å². The molecule has 0 heterocycles. The number of carbonyl (C=O) groups is 2. The molecule has 2 N–H and O–H groups in total. The minimum Gasteiger partial charge on any atom is -0.480 e. The molecule has 0 saturated heterocycles. The van der Waals surface area contributed by atoms with Gasteiger partial charge in [0.05, 0.1) is 0 Å². The Bertz CT molecular complexity index is 916. The summed E-state index contributed by atoms with van der Waals surface area (Å²) in [6.45, 7) is 1.66. The molecule has 1 aliphatic rings. The molecule has 1 amide bonds. The molecular formula is C25H27NO4. The summed E-state index contributed by atoms with van der Waals surface area (Å²) in [4.78, 5) is 24.2. The minimum absolute atomic E-state index is 0.0667. The van der Waals surface area contributed by atoms with Crippen molar-refractivity contribution in [2.24, 2.45) is 0 Å². The van der Waals surface area contributed by atoms with Gasteiger partial charge in [-0.3, -0.25) is 0 Å². The molecule has 156 valence electrons. The van der Waals surface area contributed by atoms with Gasteiger partial charge in [0.25, 0.3) is 0 Å². The number of alkyl carbamates (subject to hydrolysis) is 1. The van der Waals surface area contributed by atoms with Crippen LogP contribution in [0.2, 0.25) is 0 Å². The first-order valence-electron chi connectivity index (χ1n) is 10.3. The van der Waals surface area contributed by atoms with Gasteiger partial charge in [0.15, 0.2) is 0 Å². The highest BCUT2D eigenvalue weighted by Gasteiger charge is 2.35. The van der Waals surface area contributed by atoms with Crippen LogP contribution in [0.1, 0.15) is 56.1 Å². The van der Waals surface area contributed by atoms with Crippen LogP contribution in [0.5, 0.6) is 0 Å². The number of carboxylic acid groups (broad SMARTS) is 1. The lowest BCUT2D eigenvalue weighted by molar-refractivity contribution is -0.144. The Kier molecular flexibility index (Phi) is 6.79. The Labute approximate surface area is 177 Å². The van der Waals surface area contributed by atoms with Crippen molar-refractivity contribution in [3.05, 3.63) is 59.7 Å². The Hall–Kier alpha value is -3.26. The molecule has 5 nitrogen and oxygen atoms in total. The standard InChI is InChI=1S/C25H27NO4/c1-3-4-5-6-11-16-25(2,23(27)28)26-24(29)30-17-22-20-14-9-7-12-18(20)19-13-8-10-15-21(19)22/h1,7-10,12-15,22H,4-6,11,16-17H2,2H3,(H,26,29)(H,27,28)/t25-/m0/s1. The fourth-order valence-corrected chi connectivity index (χ4v) is 3.97. The monoisotopic (exact) mass is 405 g/mol. The average Bonchev–Trinajstić information content (AvgIpc) is 3.06. The zero-order chi connectivity index (χ0) is 21.6. The van der Waals surface area contributed by atoms with Crippen molar-refractivity contribution in [1.82, 2.24) is 5.32 Å². The molecule has 0 aromatic heterocycles. The van der Waals surface area contributed by atoms with E-state index < -0.39 is 17.6 Å². The van der Waals surface area contributed by atoms with E-state index in [1.807, 2.05) is 36.4 Å². The summed E-state index contributed by atoms with van der Waals surface area (Å²) in [7, 11) is 0. The van der Waals surface area contributed by atoms with E-state index in [1.54, 1.807) is 0 Å². The fourth-order valence-electron chi connectivity index (χ4n) is 3.97. The number of terminal acetylenes is 1. The number of amides is 1. The lowest BCUT2D eigenvalue weighted by atomic mass is 9.94. The maximum absolute atomic E-state index is 12.5. The molecule has 30 heavy (non-hydrogen) atoms. The van der Waals surface area contributed by atoms with Gasteiger partial charge in [-0.2, -0.15) is 0 Å². The van der Waals surface area contributed by atoms with E-state index in [1.165, 1.54) is 6.92 Å². The normalized spacial score (nSPS) is 14.1. The summed E-state index contributed by atoms with van der Waals surface area (Å²) >= 11 is 0. The Morgan fingerprint density at radius 1 is 1.07 bits per heavy atom. The maximum atomic E-state index is 12.5. The summed E-state index contributed by atoms with van der Waals surface area (Å²) in [5.41, 5.74) is 3.13. The van der Waals surface area contributed by atoms with Gasteiger partial charge in [0.2, 0.25) is 0 Å². The molecule has 5 heteroatoms. The van der Waals surface area contributed by atoms with Crippen LogP contribution in [0.4, 0.5) is 4.79 Å². The summed E-state index contributed by atoms with van der Waals surface area (Å²) < 4.78 is 5.49. The molecule has 0 fully saturated rings. The Balaban J connectivity index is 1.62. The van der Waals surface area contributed by atoms with E-state index in [-0.39, 0.29) is 12.5 Å². The number of rotatable bonds is 9. The zero-order valence-corrected chi connectivity index (χ0v) is 17.2. The fraction of sp³-hybridized carbons (Fsp3) is 0.360. The van der Waals surface area contributed by atoms with E-state index in [0.29, 0.717) is 19.3 Å². The first kappa shape index (κ1) is 21.4. The van der Waals surface area contributed by atoms with Crippen molar-refractivity contribution in [2.45, 2.75) is 50.5 Å². The summed E-state index contributed by atoms with van der Waals surface area (Å²) in [5.74, 6) is 1.43. The van der Waals surface area contributed by atoms with Gasteiger partial charge in [-0.25, -0.2) is 9.59 Å². The van der Waals surface area contributed by atoms with E-state index in [9.17, 15) is 14.7 Å². The number of carbonyl (C=O) groups excluding carboxylic acids is 1. The smallest absolute Gasteiger partial charge is 0.408 e. The second-order valence-corrected chi connectivity index (χ2v) is 7.85. The topological polar surface area (TPSA) is 75.6 Å². The van der Waals surface area contributed by atoms with E-state index >= 15 is 0 Å². The van der Waals surface area contributed by atoms with Crippen molar-refractivity contribution < 1.29 is 19.4 Å². The first-order valence-corrected chi connectivity index (χ1v) is 10.3. The second-order valence-electron chi connectivity index (χ2n) is 7.85. The number of unbranched alkanes of at least 4 members (excludes halogenated alkanes) is 3. The number of fused-ring (bicyclic) bond motifs is 3. The predicted molar refractivity (Wildman–Crippen MR) is 116 cm³/mol. The highest BCUT2D eigenvalue weighted by Crippen LogP contribution is 2.44. The van der Waals surface area contributed by atoms with Crippen LogP contribution >= 0.6 is 0 Å². The molecule has 3 rings (SSSR count). The van der Waals surface area contributed by atoms with Crippen LogP contribution in [-0.2, 0) is 9.53 Å². The second kappa shape index (κ2) is 9.49. The number of benzene rings is 2. The molecule has 0 bridgehead atoms. The number of hydrogen-bond acceptors (Lipinski definition) is 3. The molecule has 0 saturated carbocycles. The summed E-state index contributed by atoms with van der Waals surface area (Å²) in [5, 5.41) is 12.2. The molecule has 0 spiro atoms. The van der Waals surface area contributed by atoms with Gasteiger partial charge in [-0.1, -0.05) is 61.4 Å². The van der Waals surface area contributed by atoms with Gasteiger partial charge >= 0.3 is 12.1 Å². The third-order valence-electron chi connectivity index (χ3n) is 5.69. The molecule has 0 unspecified atom stereocenters. The van der Waals surface area contributed by atoms with Crippen molar-refractivity contribution >= 4 is 12.1 Å². The number of ether oxygens (including phenoxy) is 1. The van der Waals surface area contributed by atoms with Crippen LogP contribution in [0.15, 0.2) is 48.5 Å². The number of aliphatic carboxylic acids is 1. The van der Waals surface area contributed by atoms with Gasteiger partial charge in [0, 0.05) is 12.3 Å². The van der Waals surface area contributed by atoms with Gasteiger partial charge < -0.3 is 15.2 Å². The summed E-state index contributed by atoms with van der Waals surface area (Å²) in [6, 6.07) is 16.1. The molecule has 0 aliphatic heterocycles.